The van der Waals surface area contributed by atoms with Gasteiger partial charge >= 0.3 is 0 Å². The Kier molecular flexibility index (Phi) is 3.98. The van der Waals surface area contributed by atoms with Gasteiger partial charge in [0.25, 0.3) is 5.56 Å². The second kappa shape index (κ2) is 5.68. The minimum Gasteiger partial charge on any atom is -0.494 e. The van der Waals surface area contributed by atoms with Gasteiger partial charge in [-0.25, -0.2) is 0 Å². The molecule has 0 spiro atoms. The lowest BCUT2D eigenvalue weighted by molar-refractivity contribution is 0.449. The normalized spacial score (nSPS) is 10.8. The van der Waals surface area contributed by atoms with Crippen LogP contribution in [0.2, 0.25) is 5.02 Å². The third kappa shape index (κ3) is 3.43. The minimum absolute atomic E-state index is 0.0249. The zero-order valence-electron chi connectivity index (χ0n) is 9.48. The molecule has 0 aliphatic heterocycles. The fraction of sp³-hybridized carbons (Fsp3) is 0. The van der Waals surface area contributed by atoms with Gasteiger partial charge < -0.3 is 10.1 Å². The topological polar surface area (TPSA) is 93.3 Å². The Morgan fingerprint density at radius 2 is 2.21 bits per heavy atom. The zero-order chi connectivity index (χ0) is 13.8. The predicted molar refractivity (Wildman–Crippen MR) is 76.6 cm³/mol. The van der Waals surface area contributed by atoms with Gasteiger partial charge in [0.2, 0.25) is 5.88 Å². The van der Waals surface area contributed by atoms with E-state index in [9.17, 15) is 9.90 Å². The van der Waals surface area contributed by atoms with Gasteiger partial charge in [0.1, 0.15) is 5.56 Å². The number of benzene rings is 1. The number of hydrogen-bond donors (Lipinski definition) is 4. The van der Waals surface area contributed by atoms with Crippen LogP contribution in [0.15, 0.2) is 34.2 Å². The number of aromatic nitrogens is 2. The Hall–Kier alpha value is -2.12. The average Bonchev–Trinajstić information content (AvgIpc) is 2.32. The van der Waals surface area contributed by atoms with Crippen molar-refractivity contribution in [3.05, 3.63) is 50.0 Å². The van der Waals surface area contributed by atoms with E-state index in [1.807, 2.05) is 0 Å². The maximum Gasteiger partial charge on any atom is 0.264 e. The van der Waals surface area contributed by atoms with Crippen LogP contribution >= 0.6 is 23.8 Å². The van der Waals surface area contributed by atoms with E-state index in [2.05, 4.69) is 20.5 Å². The van der Waals surface area contributed by atoms with E-state index < -0.39 is 5.56 Å². The van der Waals surface area contributed by atoms with Crippen molar-refractivity contribution in [2.24, 2.45) is 5.10 Å². The highest BCUT2D eigenvalue weighted by Gasteiger charge is 2.03. The quantitative estimate of drug-likeness (QED) is 0.397. The van der Waals surface area contributed by atoms with Crippen LogP contribution in [0.3, 0.4) is 0 Å². The number of aromatic amines is 2. The molecule has 0 radical (unpaired) electrons. The fourth-order valence-electron chi connectivity index (χ4n) is 1.33. The Morgan fingerprint density at radius 1 is 1.42 bits per heavy atom. The van der Waals surface area contributed by atoms with Gasteiger partial charge in [-0.05, 0) is 30.4 Å². The number of H-pyrrole nitrogens is 2. The highest BCUT2D eigenvalue weighted by Crippen LogP contribution is 2.14. The zero-order valence-corrected chi connectivity index (χ0v) is 11.0. The molecule has 6 nitrogen and oxygen atoms in total. The van der Waals surface area contributed by atoms with E-state index in [0.717, 1.165) is 0 Å². The molecule has 0 unspecified atom stereocenters. The average molecular weight is 297 g/mol. The summed E-state index contributed by atoms with van der Waals surface area (Å²) in [5.74, 6) is -0.342. The van der Waals surface area contributed by atoms with E-state index >= 15 is 0 Å². The smallest absolute Gasteiger partial charge is 0.264 e. The molecule has 0 saturated heterocycles. The Morgan fingerprint density at radius 3 is 2.89 bits per heavy atom. The van der Waals surface area contributed by atoms with Crippen molar-refractivity contribution >= 4 is 35.7 Å². The summed E-state index contributed by atoms with van der Waals surface area (Å²) in [5, 5.41) is 13.9. The molecule has 0 fully saturated rings. The van der Waals surface area contributed by atoms with Crippen molar-refractivity contribution < 1.29 is 5.11 Å². The van der Waals surface area contributed by atoms with Crippen molar-refractivity contribution in [2.45, 2.75) is 0 Å². The summed E-state index contributed by atoms with van der Waals surface area (Å²) in [6.07, 6.45) is 1.18. The summed E-state index contributed by atoms with van der Waals surface area (Å²) in [4.78, 5) is 16.3. The van der Waals surface area contributed by atoms with E-state index in [1.54, 1.807) is 24.3 Å². The molecule has 0 atom stereocenters. The van der Waals surface area contributed by atoms with E-state index in [0.29, 0.717) is 10.7 Å². The number of rotatable bonds is 3. The predicted octanol–water partition coefficient (Wildman–Crippen LogP) is 2.24. The molecule has 0 bridgehead atoms. The van der Waals surface area contributed by atoms with Gasteiger partial charge in [-0.15, -0.1) is 0 Å². The van der Waals surface area contributed by atoms with Gasteiger partial charge in [0.15, 0.2) is 4.77 Å². The number of aromatic hydroxyl groups is 1. The number of nitrogens with zero attached hydrogens (tertiary/aromatic N) is 1. The van der Waals surface area contributed by atoms with Crippen LogP contribution in [0.4, 0.5) is 5.69 Å². The number of hydrazone groups is 1. The van der Waals surface area contributed by atoms with Crippen molar-refractivity contribution in [1.82, 2.24) is 9.97 Å². The van der Waals surface area contributed by atoms with Crippen molar-refractivity contribution in [2.75, 3.05) is 5.43 Å². The standard InChI is InChI=1S/C11H9ClN4O2S/c12-6-2-1-3-7(4-6)16-13-5-8-9(17)14-11(19)15-10(8)18/h1-5,16H,(H3,14,15,17,18,19). The molecule has 8 heteroatoms. The molecule has 0 aliphatic carbocycles. The largest absolute Gasteiger partial charge is 0.494 e. The summed E-state index contributed by atoms with van der Waals surface area (Å²) in [6.45, 7) is 0. The van der Waals surface area contributed by atoms with Gasteiger partial charge in [-0.3, -0.25) is 15.2 Å². The summed E-state index contributed by atoms with van der Waals surface area (Å²) in [7, 11) is 0. The summed E-state index contributed by atoms with van der Waals surface area (Å²) < 4.78 is 0.0439. The number of hydrogen-bond acceptors (Lipinski definition) is 5. The van der Waals surface area contributed by atoms with E-state index in [-0.39, 0.29) is 16.2 Å². The van der Waals surface area contributed by atoms with Crippen LogP contribution in [-0.4, -0.2) is 21.3 Å². The first-order chi connectivity index (χ1) is 9.06. The lowest BCUT2D eigenvalue weighted by Crippen LogP contribution is -2.14. The van der Waals surface area contributed by atoms with E-state index in [4.69, 9.17) is 23.8 Å². The number of halogens is 1. The van der Waals surface area contributed by atoms with E-state index in [1.165, 1.54) is 6.21 Å². The van der Waals surface area contributed by atoms with Crippen LogP contribution in [0, 0.1) is 4.77 Å². The van der Waals surface area contributed by atoms with Crippen molar-refractivity contribution in [3.8, 4) is 5.88 Å². The highest BCUT2D eigenvalue weighted by atomic mass is 35.5. The molecule has 4 N–H and O–H groups in total. The third-order valence-electron chi connectivity index (χ3n) is 2.17. The number of nitrogens with one attached hydrogen (secondary N) is 3. The maximum absolute atomic E-state index is 11.5. The lowest BCUT2D eigenvalue weighted by Gasteiger charge is -2.00. The van der Waals surface area contributed by atoms with Crippen molar-refractivity contribution in [1.29, 1.82) is 0 Å². The van der Waals surface area contributed by atoms with Gasteiger partial charge in [-0.1, -0.05) is 17.7 Å². The lowest BCUT2D eigenvalue weighted by atomic mass is 10.3. The molecule has 2 aromatic rings. The molecule has 0 amide bonds. The molecule has 1 aromatic heterocycles. The SMILES string of the molecule is O=c1[nH]c(=S)[nH]c(O)c1C=NNc1cccc(Cl)c1. The van der Waals surface area contributed by atoms with Crippen LogP contribution in [-0.2, 0) is 0 Å². The van der Waals surface area contributed by atoms with Gasteiger partial charge in [-0.2, -0.15) is 5.10 Å². The Bertz CT molecular complexity index is 738. The molecular formula is C11H9ClN4O2S. The molecule has 0 aliphatic rings. The summed E-state index contributed by atoms with van der Waals surface area (Å²) in [6, 6.07) is 6.90. The molecule has 98 valence electrons. The molecule has 0 saturated carbocycles. The Labute approximate surface area is 117 Å². The molecular weight excluding hydrogens is 288 g/mol. The summed E-state index contributed by atoms with van der Waals surface area (Å²) in [5.41, 5.74) is 2.79. The van der Waals surface area contributed by atoms with Crippen LogP contribution < -0.4 is 11.0 Å². The number of anilines is 1. The fourth-order valence-corrected chi connectivity index (χ4v) is 1.71. The highest BCUT2D eigenvalue weighted by molar-refractivity contribution is 7.71. The third-order valence-corrected chi connectivity index (χ3v) is 2.61. The maximum atomic E-state index is 11.5. The first kappa shape index (κ1) is 13.3. The summed E-state index contributed by atoms with van der Waals surface area (Å²) >= 11 is 10.5. The second-order valence-corrected chi connectivity index (χ2v) is 4.40. The van der Waals surface area contributed by atoms with Gasteiger partial charge in [0, 0.05) is 5.02 Å². The molecule has 1 aromatic carbocycles. The Balaban J connectivity index is 2.20. The minimum atomic E-state index is -0.530. The van der Waals surface area contributed by atoms with Crippen molar-refractivity contribution in [3.63, 3.8) is 0 Å². The van der Waals surface area contributed by atoms with Crippen LogP contribution in [0.5, 0.6) is 5.88 Å². The van der Waals surface area contributed by atoms with Crippen LogP contribution in [0.25, 0.3) is 0 Å². The second-order valence-electron chi connectivity index (χ2n) is 3.55. The first-order valence-electron chi connectivity index (χ1n) is 5.16. The molecule has 1 heterocycles. The first-order valence-corrected chi connectivity index (χ1v) is 5.95. The molecule has 19 heavy (non-hydrogen) atoms. The van der Waals surface area contributed by atoms with Crippen LogP contribution in [0.1, 0.15) is 5.56 Å². The molecule has 2 rings (SSSR count). The monoisotopic (exact) mass is 296 g/mol. The van der Waals surface area contributed by atoms with Gasteiger partial charge in [0.05, 0.1) is 11.9 Å².